The van der Waals surface area contributed by atoms with Gasteiger partial charge in [-0.1, -0.05) is 24.3 Å². The van der Waals surface area contributed by atoms with Crippen LogP contribution >= 0.6 is 0 Å². The molecule has 1 aromatic rings. The van der Waals surface area contributed by atoms with Gasteiger partial charge < -0.3 is 14.8 Å². The van der Waals surface area contributed by atoms with Crippen molar-refractivity contribution in [3.63, 3.8) is 0 Å². The fourth-order valence-electron chi connectivity index (χ4n) is 3.25. The number of para-hydroxylation sites is 2. The van der Waals surface area contributed by atoms with Crippen molar-refractivity contribution in [2.45, 2.75) is 19.5 Å². The number of ether oxygens (including phenoxy) is 2. The quantitative estimate of drug-likeness (QED) is 0.640. The summed E-state index contributed by atoms with van der Waals surface area (Å²) in [6.45, 7) is -3.45. The third kappa shape index (κ3) is 3.72. The maximum Gasteiger partial charge on any atom is 0.387 e. The van der Waals surface area contributed by atoms with E-state index in [0.717, 1.165) is 12.8 Å². The summed E-state index contributed by atoms with van der Waals surface area (Å²) >= 11 is 0. The molecule has 7 heteroatoms. The van der Waals surface area contributed by atoms with Crippen LogP contribution in [0.5, 0.6) is 5.75 Å². The number of amides is 1. The number of alkyl halides is 2. The lowest BCUT2D eigenvalue weighted by molar-refractivity contribution is -0.152. The number of anilines is 1. The minimum atomic E-state index is -2.99. The predicted octanol–water partition coefficient (Wildman–Crippen LogP) is 2.98. The van der Waals surface area contributed by atoms with Gasteiger partial charge >= 0.3 is 12.6 Å². The Bertz CT molecular complexity index is 662. The van der Waals surface area contributed by atoms with E-state index in [-0.39, 0.29) is 29.2 Å². The van der Waals surface area contributed by atoms with Gasteiger partial charge in [0.2, 0.25) is 0 Å². The number of esters is 1. The monoisotopic (exact) mass is 337 g/mol. The van der Waals surface area contributed by atoms with Crippen LogP contribution in [0.1, 0.15) is 12.8 Å². The Kier molecular flexibility index (Phi) is 4.78. The van der Waals surface area contributed by atoms with Crippen molar-refractivity contribution in [2.75, 3.05) is 11.9 Å². The van der Waals surface area contributed by atoms with Crippen LogP contribution in [0.4, 0.5) is 14.5 Å². The molecule has 1 N–H and O–H groups in total. The van der Waals surface area contributed by atoms with E-state index in [9.17, 15) is 18.4 Å². The van der Waals surface area contributed by atoms with Gasteiger partial charge in [0.25, 0.3) is 5.91 Å². The molecule has 2 aliphatic rings. The molecular formula is C17H17F2NO4. The lowest BCUT2D eigenvalue weighted by Crippen LogP contribution is -2.26. The van der Waals surface area contributed by atoms with Crippen molar-refractivity contribution in [3.05, 3.63) is 36.4 Å². The predicted molar refractivity (Wildman–Crippen MR) is 81.5 cm³/mol. The van der Waals surface area contributed by atoms with E-state index in [1.54, 1.807) is 6.07 Å². The first kappa shape index (κ1) is 16.4. The summed E-state index contributed by atoms with van der Waals surface area (Å²) in [6, 6.07) is 5.82. The molecule has 0 heterocycles. The largest absolute Gasteiger partial charge is 0.455 e. The fourth-order valence-corrected chi connectivity index (χ4v) is 3.25. The molecule has 0 aromatic heterocycles. The Hall–Kier alpha value is -2.44. The molecule has 0 aliphatic heterocycles. The van der Waals surface area contributed by atoms with Gasteiger partial charge in [0.05, 0.1) is 11.6 Å². The van der Waals surface area contributed by atoms with Crippen LogP contribution in [0.2, 0.25) is 0 Å². The minimum absolute atomic E-state index is 0.0988. The summed E-state index contributed by atoms with van der Waals surface area (Å²) < 4.78 is 34.0. The molecule has 3 unspecified atom stereocenters. The zero-order valence-corrected chi connectivity index (χ0v) is 12.8. The van der Waals surface area contributed by atoms with Crippen LogP contribution in [0, 0.1) is 17.8 Å². The number of carbonyl (C=O) groups is 2. The molecule has 3 atom stereocenters. The van der Waals surface area contributed by atoms with Gasteiger partial charge in [-0.05, 0) is 36.8 Å². The van der Waals surface area contributed by atoms with E-state index in [2.05, 4.69) is 16.1 Å². The number of benzene rings is 1. The average Bonchev–Trinajstić information content (AvgIpc) is 3.17. The molecule has 1 saturated carbocycles. The van der Waals surface area contributed by atoms with Crippen LogP contribution in [-0.4, -0.2) is 25.1 Å². The Labute approximate surface area is 137 Å². The summed E-state index contributed by atoms with van der Waals surface area (Å²) in [6.07, 6.45) is 5.86. The minimum Gasteiger partial charge on any atom is -0.455 e. The van der Waals surface area contributed by atoms with E-state index in [1.807, 2.05) is 6.08 Å². The number of allylic oxidation sites excluding steroid dienone is 2. The van der Waals surface area contributed by atoms with Gasteiger partial charge in [-0.25, -0.2) is 0 Å². The average molecular weight is 337 g/mol. The third-order valence-electron chi connectivity index (χ3n) is 4.30. The molecule has 5 nitrogen and oxygen atoms in total. The summed E-state index contributed by atoms with van der Waals surface area (Å²) in [5, 5.41) is 2.41. The second kappa shape index (κ2) is 6.98. The van der Waals surface area contributed by atoms with Crippen molar-refractivity contribution in [2.24, 2.45) is 17.8 Å². The molecule has 0 spiro atoms. The maximum atomic E-state index is 12.3. The first-order chi connectivity index (χ1) is 11.5. The van der Waals surface area contributed by atoms with Crippen LogP contribution < -0.4 is 10.1 Å². The van der Waals surface area contributed by atoms with Gasteiger partial charge in [-0.15, -0.1) is 0 Å². The molecule has 2 bridgehead atoms. The second-order valence-electron chi connectivity index (χ2n) is 5.92. The molecule has 1 fully saturated rings. The van der Waals surface area contributed by atoms with Crippen LogP contribution in [0.3, 0.4) is 0 Å². The first-order valence-corrected chi connectivity index (χ1v) is 7.71. The molecular weight excluding hydrogens is 320 g/mol. The summed E-state index contributed by atoms with van der Waals surface area (Å²) in [7, 11) is 0. The number of nitrogens with one attached hydrogen (secondary N) is 1. The number of hydrogen-bond donors (Lipinski definition) is 1. The Morgan fingerprint density at radius 2 is 2.00 bits per heavy atom. The number of hydrogen-bond acceptors (Lipinski definition) is 4. The van der Waals surface area contributed by atoms with Gasteiger partial charge in [-0.2, -0.15) is 8.78 Å². The molecule has 24 heavy (non-hydrogen) atoms. The number of rotatable bonds is 6. The van der Waals surface area contributed by atoms with Crippen molar-refractivity contribution < 1.29 is 27.8 Å². The summed E-state index contributed by atoms with van der Waals surface area (Å²) in [5.74, 6) is -0.704. The topological polar surface area (TPSA) is 64.6 Å². The van der Waals surface area contributed by atoms with Crippen molar-refractivity contribution >= 4 is 17.6 Å². The highest BCUT2D eigenvalue weighted by molar-refractivity contribution is 5.94. The molecule has 2 aliphatic carbocycles. The smallest absolute Gasteiger partial charge is 0.387 e. The molecule has 1 amide bonds. The van der Waals surface area contributed by atoms with E-state index in [0.29, 0.717) is 5.92 Å². The van der Waals surface area contributed by atoms with E-state index in [4.69, 9.17) is 4.74 Å². The summed E-state index contributed by atoms with van der Waals surface area (Å²) in [4.78, 5) is 23.9. The van der Waals surface area contributed by atoms with E-state index < -0.39 is 19.1 Å². The Morgan fingerprint density at radius 1 is 1.21 bits per heavy atom. The van der Waals surface area contributed by atoms with Crippen LogP contribution in [0.25, 0.3) is 0 Å². The van der Waals surface area contributed by atoms with Gasteiger partial charge in [0.15, 0.2) is 6.61 Å². The van der Waals surface area contributed by atoms with Gasteiger partial charge in [0.1, 0.15) is 5.75 Å². The molecule has 0 saturated heterocycles. The number of carbonyl (C=O) groups excluding carboxylic acids is 2. The fraction of sp³-hybridized carbons (Fsp3) is 0.412. The van der Waals surface area contributed by atoms with E-state index >= 15 is 0 Å². The molecule has 0 radical (unpaired) electrons. The Balaban J connectivity index is 1.51. The number of fused-ring (bicyclic) bond motifs is 2. The van der Waals surface area contributed by atoms with Gasteiger partial charge in [0, 0.05) is 0 Å². The summed E-state index contributed by atoms with van der Waals surface area (Å²) in [5.41, 5.74) is 0.0988. The third-order valence-corrected chi connectivity index (χ3v) is 4.30. The van der Waals surface area contributed by atoms with Crippen molar-refractivity contribution in [1.29, 1.82) is 0 Å². The Morgan fingerprint density at radius 3 is 2.67 bits per heavy atom. The normalized spacial score (nSPS) is 24.2. The highest BCUT2D eigenvalue weighted by Crippen LogP contribution is 2.43. The molecule has 1 aromatic carbocycles. The number of halogens is 2. The van der Waals surface area contributed by atoms with E-state index in [1.165, 1.54) is 18.2 Å². The van der Waals surface area contributed by atoms with Gasteiger partial charge in [-0.3, -0.25) is 9.59 Å². The highest BCUT2D eigenvalue weighted by Gasteiger charge is 2.40. The lowest BCUT2D eigenvalue weighted by atomic mass is 9.94. The standard InChI is InChI=1S/C17H17F2NO4/c18-17(19)24-14-4-2-1-3-13(14)20-15(21)9-23-16(22)12-8-10-5-6-11(12)7-10/h1-6,10-12,17H,7-9H2,(H,20,21). The molecule has 128 valence electrons. The lowest BCUT2D eigenvalue weighted by Gasteiger charge is -2.16. The highest BCUT2D eigenvalue weighted by atomic mass is 19.3. The zero-order valence-electron chi connectivity index (χ0n) is 12.8. The molecule has 3 rings (SSSR count). The SMILES string of the molecule is O=C(COC(=O)C1CC2C=CC1C2)Nc1ccccc1OC(F)F. The zero-order chi connectivity index (χ0) is 17.1. The van der Waals surface area contributed by atoms with Crippen molar-refractivity contribution in [1.82, 2.24) is 0 Å². The second-order valence-corrected chi connectivity index (χ2v) is 5.92. The first-order valence-electron chi connectivity index (χ1n) is 7.71. The van der Waals surface area contributed by atoms with Crippen LogP contribution in [0.15, 0.2) is 36.4 Å². The maximum absolute atomic E-state index is 12.3. The van der Waals surface area contributed by atoms with Crippen molar-refractivity contribution in [3.8, 4) is 5.75 Å². The van der Waals surface area contributed by atoms with Crippen LogP contribution in [-0.2, 0) is 14.3 Å².